The minimum atomic E-state index is 0.112. The van der Waals surface area contributed by atoms with Gasteiger partial charge in [-0.2, -0.15) is 0 Å². The van der Waals surface area contributed by atoms with Crippen molar-refractivity contribution >= 4 is 40.0 Å². The molecule has 0 atom stereocenters. The summed E-state index contributed by atoms with van der Waals surface area (Å²) in [6.45, 7) is 2.04. The lowest BCUT2D eigenvalue weighted by atomic mass is 10.1. The summed E-state index contributed by atoms with van der Waals surface area (Å²) in [5.41, 5.74) is 2.91. The molecule has 4 heteroatoms. The number of carbonyl (C=O) groups is 1. The standard InChI is InChI=1S/C17H14ClNOS/c1-11-17(14-4-2-3-5-15(14)19-11)21-10-16(20)12-6-8-13(18)9-7-12/h2-9,19H,10H2,1H3. The first-order valence-corrected chi connectivity index (χ1v) is 8.00. The van der Waals surface area contributed by atoms with Crippen molar-refractivity contribution in [2.45, 2.75) is 11.8 Å². The lowest BCUT2D eigenvalue weighted by molar-refractivity contribution is 0.102. The highest BCUT2D eigenvalue weighted by molar-refractivity contribution is 8.00. The van der Waals surface area contributed by atoms with Gasteiger partial charge >= 0.3 is 0 Å². The summed E-state index contributed by atoms with van der Waals surface area (Å²) < 4.78 is 0. The molecule has 0 bridgehead atoms. The zero-order valence-electron chi connectivity index (χ0n) is 11.5. The van der Waals surface area contributed by atoms with E-state index in [0.29, 0.717) is 16.3 Å². The summed E-state index contributed by atoms with van der Waals surface area (Å²) in [6, 6.07) is 15.2. The molecule has 1 N–H and O–H groups in total. The van der Waals surface area contributed by atoms with Crippen LogP contribution in [0, 0.1) is 6.92 Å². The van der Waals surface area contributed by atoms with Gasteiger partial charge < -0.3 is 4.98 Å². The van der Waals surface area contributed by atoms with Gasteiger partial charge in [0.2, 0.25) is 0 Å². The highest BCUT2D eigenvalue weighted by atomic mass is 35.5. The first kappa shape index (κ1) is 14.2. The van der Waals surface area contributed by atoms with E-state index in [2.05, 4.69) is 11.1 Å². The molecule has 0 spiro atoms. The van der Waals surface area contributed by atoms with Crippen LogP contribution in [0.15, 0.2) is 53.4 Å². The Morgan fingerprint density at radius 3 is 2.62 bits per heavy atom. The third-order valence-corrected chi connectivity index (χ3v) is 4.82. The number of aromatic amines is 1. The number of rotatable bonds is 4. The summed E-state index contributed by atoms with van der Waals surface area (Å²) >= 11 is 7.42. The fraction of sp³-hybridized carbons (Fsp3) is 0.118. The number of aromatic nitrogens is 1. The lowest BCUT2D eigenvalue weighted by Crippen LogP contribution is -2.01. The minimum Gasteiger partial charge on any atom is -0.358 e. The number of Topliss-reactive ketones (excluding diaryl/α,β-unsaturated/α-hetero) is 1. The average Bonchev–Trinajstić information content (AvgIpc) is 2.81. The third-order valence-electron chi connectivity index (χ3n) is 3.35. The zero-order chi connectivity index (χ0) is 14.8. The van der Waals surface area contributed by atoms with Gasteiger partial charge in [-0.15, -0.1) is 11.8 Å². The van der Waals surface area contributed by atoms with Crippen LogP contribution in [0.3, 0.4) is 0 Å². The van der Waals surface area contributed by atoms with Crippen LogP contribution >= 0.6 is 23.4 Å². The molecule has 0 aliphatic rings. The maximum atomic E-state index is 12.2. The van der Waals surface area contributed by atoms with Crippen LogP contribution in [0.4, 0.5) is 0 Å². The van der Waals surface area contributed by atoms with Crippen molar-refractivity contribution in [3.05, 3.63) is 64.8 Å². The summed E-state index contributed by atoms with van der Waals surface area (Å²) in [5.74, 6) is 0.533. The lowest BCUT2D eigenvalue weighted by Gasteiger charge is -2.02. The maximum Gasteiger partial charge on any atom is 0.173 e. The van der Waals surface area contributed by atoms with Crippen molar-refractivity contribution in [2.75, 3.05) is 5.75 Å². The first-order chi connectivity index (χ1) is 10.1. The first-order valence-electron chi connectivity index (χ1n) is 6.64. The molecule has 3 rings (SSSR count). The molecule has 2 nitrogen and oxygen atoms in total. The predicted octanol–water partition coefficient (Wildman–Crippen LogP) is 5.10. The minimum absolute atomic E-state index is 0.112. The molecule has 0 saturated carbocycles. The molecule has 0 aliphatic heterocycles. The van der Waals surface area contributed by atoms with Crippen LogP contribution in [-0.4, -0.2) is 16.5 Å². The van der Waals surface area contributed by atoms with Crippen molar-refractivity contribution in [1.82, 2.24) is 4.98 Å². The van der Waals surface area contributed by atoms with Crippen LogP contribution in [0.5, 0.6) is 0 Å². The van der Waals surface area contributed by atoms with Gasteiger partial charge in [-0.25, -0.2) is 0 Å². The highest BCUT2D eigenvalue weighted by Gasteiger charge is 2.12. The summed E-state index contributed by atoms with van der Waals surface area (Å²) in [4.78, 5) is 16.7. The molecule has 1 heterocycles. The fourth-order valence-electron chi connectivity index (χ4n) is 2.29. The number of benzene rings is 2. The Hall–Kier alpha value is -1.71. The van der Waals surface area contributed by atoms with Gasteiger partial charge in [0.1, 0.15) is 0 Å². The number of nitrogens with one attached hydrogen (secondary N) is 1. The number of halogens is 1. The van der Waals surface area contributed by atoms with Crippen LogP contribution in [-0.2, 0) is 0 Å². The number of fused-ring (bicyclic) bond motifs is 1. The highest BCUT2D eigenvalue weighted by Crippen LogP contribution is 2.31. The second-order valence-corrected chi connectivity index (χ2v) is 6.27. The molecule has 1 aromatic heterocycles. The Morgan fingerprint density at radius 2 is 1.86 bits per heavy atom. The van der Waals surface area contributed by atoms with E-state index >= 15 is 0 Å². The van der Waals surface area contributed by atoms with E-state index < -0.39 is 0 Å². The van der Waals surface area contributed by atoms with Crippen molar-refractivity contribution in [1.29, 1.82) is 0 Å². The number of thioether (sulfide) groups is 1. The molecule has 21 heavy (non-hydrogen) atoms. The predicted molar refractivity (Wildman–Crippen MR) is 89.5 cm³/mol. The van der Waals surface area contributed by atoms with Gasteiger partial charge in [0, 0.05) is 32.1 Å². The molecular formula is C17H14ClNOS. The normalized spacial score (nSPS) is 11.0. The molecule has 0 amide bonds. The topological polar surface area (TPSA) is 32.9 Å². The number of H-pyrrole nitrogens is 1. The number of aryl methyl sites for hydroxylation is 1. The SMILES string of the molecule is Cc1[nH]c2ccccc2c1SCC(=O)c1ccc(Cl)cc1. The van der Waals surface area contributed by atoms with Crippen molar-refractivity contribution in [3.8, 4) is 0 Å². The van der Waals surface area contributed by atoms with Crippen molar-refractivity contribution in [2.24, 2.45) is 0 Å². The summed E-state index contributed by atoms with van der Waals surface area (Å²) in [7, 11) is 0. The second kappa shape index (κ2) is 5.96. The van der Waals surface area contributed by atoms with Gasteiger partial charge in [-0.3, -0.25) is 4.79 Å². The average molecular weight is 316 g/mol. The van der Waals surface area contributed by atoms with Crippen LogP contribution in [0.2, 0.25) is 5.02 Å². The fourth-order valence-corrected chi connectivity index (χ4v) is 3.46. The Labute approximate surface area is 132 Å². The van der Waals surface area contributed by atoms with Crippen LogP contribution in [0.25, 0.3) is 10.9 Å². The molecule has 0 fully saturated rings. The quantitative estimate of drug-likeness (QED) is 0.536. The van der Waals surface area contributed by atoms with Gasteiger partial charge in [-0.1, -0.05) is 29.8 Å². The molecule has 3 aromatic rings. The Bertz CT molecular complexity index is 792. The Balaban J connectivity index is 1.79. The number of ketones is 1. The van der Waals surface area contributed by atoms with Gasteiger partial charge in [0.05, 0.1) is 5.75 Å². The van der Waals surface area contributed by atoms with E-state index in [1.54, 1.807) is 36.0 Å². The second-order valence-electron chi connectivity index (χ2n) is 4.84. The Kier molecular flexibility index (Phi) is 4.04. The van der Waals surface area contributed by atoms with E-state index in [-0.39, 0.29) is 5.78 Å². The smallest absolute Gasteiger partial charge is 0.173 e. The van der Waals surface area contributed by atoms with E-state index in [9.17, 15) is 4.79 Å². The largest absolute Gasteiger partial charge is 0.358 e. The molecule has 2 aromatic carbocycles. The number of carbonyl (C=O) groups excluding carboxylic acids is 1. The maximum absolute atomic E-state index is 12.2. The van der Waals surface area contributed by atoms with E-state index in [1.807, 2.05) is 25.1 Å². The summed E-state index contributed by atoms with van der Waals surface area (Å²) in [5, 5.41) is 1.82. The monoisotopic (exact) mass is 315 g/mol. The van der Waals surface area contributed by atoms with Crippen LogP contribution < -0.4 is 0 Å². The van der Waals surface area contributed by atoms with E-state index in [0.717, 1.165) is 16.1 Å². The number of para-hydroxylation sites is 1. The number of hydrogen-bond acceptors (Lipinski definition) is 2. The molecule has 0 aliphatic carbocycles. The molecule has 106 valence electrons. The molecule has 0 saturated heterocycles. The molecule has 0 radical (unpaired) electrons. The van der Waals surface area contributed by atoms with Gasteiger partial charge in [0.25, 0.3) is 0 Å². The molecular weight excluding hydrogens is 302 g/mol. The molecule has 0 unspecified atom stereocenters. The van der Waals surface area contributed by atoms with Crippen LogP contribution in [0.1, 0.15) is 16.1 Å². The van der Waals surface area contributed by atoms with Crippen molar-refractivity contribution < 1.29 is 4.79 Å². The van der Waals surface area contributed by atoms with E-state index in [1.165, 1.54) is 5.39 Å². The zero-order valence-corrected chi connectivity index (χ0v) is 13.1. The number of hydrogen-bond donors (Lipinski definition) is 1. The van der Waals surface area contributed by atoms with Crippen molar-refractivity contribution in [3.63, 3.8) is 0 Å². The van der Waals surface area contributed by atoms with Gasteiger partial charge in [0.15, 0.2) is 5.78 Å². The van der Waals surface area contributed by atoms with Gasteiger partial charge in [-0.05, 0) is 37.3 Å². The summed E-state index contributed by atoms with van der Waals surface area (Å²) in [6.07, 6.45) is 0. The third kappa shape index (κ3) is 2.99. The Morgan fingerprint density at radius 1 is 1.14 bits per heavy atom. The van der Waals surface area contributed by atoms with E-state index in [4.69, 9.17) is 11.6 Å².